The molecule has 4 N–H and O–H groups in total. The van der Waals surface area contributed by atoms with E-state index < -0.39 is 89.3 Å². The predicted octanol–water partition coefficient (Wildman–Crippen LogP) is 17.6. The third kappa shape index (κ3) is 17.8. The van der Waals surface area contributed by atoms with Crippen LogP contribution in [0.2, 0.25) is 51.3 Å². The number of aliphatic hydroxyl groups is 1. The highest BCUT2D eigenvalue weighted by molar-refractivity contribution is 7.04. The topological polar surface area (TPSA) is 260 Å². The van der Waals surface area contributed by atoms with Gasteiger partial charge in [-0.25, -0.2) is 24.0 Å². The minimum atomic E-state index is -2.36. The van der Waals surface area contributed by atoms with Crippen molar-refractivity contribution in [2.75, 3.05) is 121 Å². The number of esters is 3. The van der Waals surface area contributed by atoms with E-state index in [1.807, 2.05) is 0 Å². The van der Waals surface area contributed by atoms with Gasteiger partial charge in [0.1, 0.15) is 24.2 Å². The summed E-state index contributed by atoms with van der Waals surface area (Å²) in [6, 6.07) is 61.7. The Bertz CT molecular complexity index is 5920. The number of carbonyl (C=O) groups is 8. The van der Waals surface area contributed by atoms with Crippen LogP contribution in [-0.4, -0.2) is 184 Å². The summed E-state index contributed by atoms with van der Waals surface area (Å²) in [5.41, 5.74) is 10.9. The molecule has 9 aromatic rings. The van der Waals surface area contributed by atoms with Gasteiger partial charge in [-0.3, -0.25) is 19.3 Å². The third-order valence-electron chi connectivity index (χ3n) is 30.1. The number of carbonyl (C=O) groups excluding carboxylic acids is 6. The average molecular weight is 1950 g/mol. The summed E-state index contributed by atoms with van der Waals surface area (Å²) in [6.07, 6.45) is 12.3. The minimum absolute atomic E-state index is 0.0223. The number of ether oxygens (including phenoxy) is 3. The number of aliphatic hydroxyl groups excluding tert-OH is 1. The number of cyclic esters (lactones) is 1. The molecule has 3 amide bonds. The molecule has 9 heterocycles. The zero-order chi connectivity index (χ0) is 97.0. The maximum absolute atomic E-state index is 14.0. The van der Waals surface area contributed by atoms with Crippen LogP contribution >= 0.6 is 34.8 Å². The Kier molecular flexibility index (Phi) is 30.4. The Hall–Kier alpha value is -11.2. The van der Waals surface area contributed by atoms with Crippen molar-refractivity contribution in [2.45, 2.75) is 188 Å². The van der Waals surface area contributed by atoms with Crippen molar-refractivity contribution in [2.24, 2.45) is 0 Å². The van der Waals surface area contributed by atoms with E-state index in [1.165, 1.54) is 136 Å². The quantitative estimate of drug-likeness (QED) is 0.0129. The average Bonchev–Trinajstić information content (AvgIpc) is 1.44. The third-order valence-corrected chi connectivity index (χ3v) is 46.9. The molecule has 28 heteroatoms. The number of halogens is 3. The maximum atomic E-state index is 14.0. The molecule has 0 saturated carbocycles. The Balaban J connectivity index is 0.000000148. The number of hydrogen-bond donors (Lipinski definition) is 4. The van der Waals surface area contributed by atoms with E-state index >= 15 is 0 Å². The molecule has 1 unspecified atom stereocenters. The lowest BCUT2D eigenvalue weighted by molar-refractivity contribution is -0.136. The molecule has 136 heavy (non-hydrogen) atoms. The normalized spacial score (nSPS) is 17.4. The Morgan fingerprint density at radius 1 is 0.397 bits per heavy atom. The van der Waals surface area contributed by atoms with Gasteiger partial charge in [-0.15, -0.1) is 0 Å². The highest BCUT2D eigenvalue weighted by Crippen LogP contribution is 2.55. The molecular formula is C108H126Cl3N8O14Si3+. The number of nitrogens with one attached hydrogen (secondary N) is 1. The van der Waals surface area contributed by atoms with Crippen molar-refractivity contribution < 1.29 is 67.9 Å². The van der Waals surface area contributed by atoms with Crippen molar-refractivity contribution in [1.82, 2.24) is 10.2 Å². The molecule has 22 nitrogen and oxygen atoms in total. The van der Waals surface area contributed by atoms with E-state index in [0.717, 1.165) is 149 Å². The monoisotopic (exact) mass is 1950 g/mol. The van der Waals surface area contributed by atoms with E-state index in [0.29, 0.717) is 22.3 Å². The van der Waals surface area contributed by atoms with E-state index in [2.05, 4.69) is 244 Å². The summed E-state index contributed by atoms with van der Waals surface area (Å²) in [7, 11) is -6.36. The highest BCUT2D eigenvalue weighted by Gasteiger charge is 2.61. The number of imide groups is 1. The van der Waals surface area contributed by atoms with Crippen molar-refractivity contribution >= 4 is 172 Å². The molecule has 1 atom stereocenters. The molecule has 0 aliphatic carbocycles. The van der Waals surface area contributed by atoms with Crippen LogP contribution in [0.1, 0.15) is 241 Å². The first-order valence-electron chi connectivity index (χ1n) is 48.8. The minimum Gasteiger partial charge on any atom is -0.478 e. The standard InChI is InChI=1S/C40H45ClN4O5Si.C34H39ClN2O4Si.C25H37N2Si.C9H5ClO5/c1-5-43(6-2)26-12-14-30-34(22-26)51(20-10-9-11-21-51)35-23-27(44(7-3)8-4)13-15-31(35)40(30)32-24-29(33(41)25-28(32)39(49)50-40)38(48)42-18-19-45-36(46)16-17-37(45)47;1-5-36(6-2)22-12-14-26-30(18-22)42(16-10-9-11-17-42)31-19-23(37(7-3)8-4)13-15-27(31)34(26)28-20-25(32(38)39)29(35)21-24(28)33(40)41-34;1-5-26(6-2)22-14-12-16-24(20-22)28(18-10-9-11-19-28)25-17-13-15-23(21-25)27(7-3)8-4;10-6-2-4-3(1-5(6)7(11)12)8(13)15-9(4)14/h12-17,22-25H,5-11,18-21H2,1-4H3,(H,42,48);12-15,18-21H,5-11,16-17H2,1-4H3,(H,38,39);12-17,20-21H,1,5-11,18-19H2,2-4H3;1-2,8,13H,(H,11,12)/q;;+1;. The molecule has 714 valence electrons. The molecule has 4 spiro atoms. The highest BCUT2D eigenvalue weighted by atomic mass is 35.5. The number of nitrogens with zero attached hydrogens (tertiary/aromatic N) is 7. The van der Waals surface area contributed by atoms with Gasteiger partial charge in [0.05, 0.1) is 55.4 Å². The fraction of sp³-hybridized carbons (Fsp3) is 0.398. The molecule has 0 bridgehead atoms. The van der Waals surface area contributed by atoms with Gasteiger partial charge < -0.3 is 64.2 Å². The van der Waals surface area contributed by atoms with Crippen LogP contribution in [0.15, 0.2) is 170 Å². The number of rotatable bonds is 26. The van der Waals surface area contributed by atoms with Crippen LogP contribution in [0.25, 0.3) is 0 Å². The second kappa shape index (κ2) is 41.6. The molecular weight excluding hydrogens is 1820 g/mol. The van der Waals surface area contributed by atoms with Crippen molar-refractivity contribution in [3.8, 4) is 0 Å². The smallest absolute Gasteiger partial charge is 0.341 e. The Morgan fingerprint density at radius 2 is 0.721 bits per heavy atom. The summed E-state index contributed by atoms with van der Waals surface area (Å²) in [5.74, 6) is -5.30. The number of amides is 3. The summed E-state index contributed by atoms with van der Waals surface area (Å²) >= 11 is 18.8. The van der Waals surface area contributed by atoms with Gasteiger partial charge in [0.25, 0.3) is 17.7 Å². The maximum Gasteiger partial charge on any atom is 0.341 e. The van der Waals surface area contributed by atoms with Gasteiger partial charge in [-0.1, -0.05) is 151 Å². The fourth-order valence-corrected chi connectivity index (χ4v) is 40.4. The first-order valence-corrected chi connectivity index (χ1v) is 57.2. The summed E-state index contributed by atoms with van der Waals surface area (Å²) in [6.45, 7) is 39.4. The molecule has 3 saturated heterocycles. The number of carboxylic acid groups (broad SMARTS) is 2. The fourth-order valence-electron chi connectivity index (χ4n) is 23.1. The molecule has 9 aliphatic rings. The van der Waals surface area contributed by atoms with Crippen molar-refractivity contribution in [3.63, 3.8) is 0 Å². The van der Waals surface area contributed by atoms with Crippen LogP contribution in [0.3, 0.4) is 0 Å². The Labute approximate surface area is 817 Å². The first-order chi connectivity index (χ1) is 65.6. The lowest BCUT2D eigenvalue weighted by Gasteiger charge is -2.48. The molecule has 0 aromatic heterocycles. The van der Waals surface area contributed by atoms with E-state index in [4.69, 9.17) is 49.4 Å². The van der Waals surface area contributed by atoms with Crippen LogP contribution in [0.4, 0.5) is 34.1 Å². The molecule has 18 rings (SSSR count). The number of fused-ring (bicyclic) bond motifs is 17. The molecule has 9 aromatic carbocycles. The van der Waals surface area contributed by atoms with Crippen LogP contribution in [0.5, 0.6) is 0 Å². The van der Waals surface area contributed by atoms with Crippen LogP contribution < -0.4 is 65.8 Å². The zero-order valence-corrected chi connectivity index (χ0v) is 85.3. The van der Waals surface area contributed by atoms with Gasteiger partial charge >= 0.3 is 29.8 Å². The van der Waals surface area contributed by atoms with E-state index in [9.17, 15) is 48.6 Å². The summed E-state index contributed by atoms with van der Waals surface area (Å²) in [4.78, 5) is 115. The summed E-state index contributed by atoms with van der Waals surface area (Å²) < 4.78 is 17.7. The number of aromatic carboxylic acids is 2. The zero-order valence-electron chi connectivity index (χ0n) is 80.1. The van der Waals surface area contributed by atoms with Crippen LogP contribution in [0, 0.1) is 6.92 Å². The second-order valence-electron chi connectivity index (χ2n) is 36.5. The second-order valence-corrected chi connectivity index (χ2v) is 50.5. The van der Waals surface area contributed by atoms with Gasteiger partial charge in [-0.05, 0) is 242 Å². The Morgan fingerprint density at radius 3 is 1.07 bits per heavy atom. The largest absolute Gasteiger partial charge is 0.478 e. The lowest BCUT2D eigenvalue weighted by Crippen LogP contribution is -2.67. The van der Waals surface area contributed by atoms with Gasteiger partial charge in [0.15, 0.2) is 17.7 Å². The number of anilines is 6. The number of hydrogen-bond acceptors (Lipinski definition) is 18. The van der Waals surface area contributed by atoms with Crippen molar-refractivity contribution in [1.29, 1.82) is 0 Å². The van der Waals surface area contributed by atoms with E-state index in [-0.39, 0.29) is 56.0 Å². The lowest BCUT2D eigenvalue weighted by atomic mass is 9.78. The van der Waals surface area contributed by atoms with E-state index in [1.54, 1.807) is 28.6 Å². The predicted molar refractivity (Wildman–Crippen MR) is 553 cm³/mol. The number of carboxylic acids is 2. The first kappa shape index (κ1) is 99.3. The number of benzene rings is 9. The molecule has 3 fully saturated rings. The molecule has 0 radical (unpaired) electrons. The van der Waals surface area contributed by atoms with Crippen molar-refractivity contribution in [3.05, 3.63) is 264 Å². The van der Waals surface area contributed by atoms with Gasteiger partial charge in [0.2, 0.25) is 6.29 Å². The molecule has 9 aliphatic heterocycles. The SMILES string of the molecule is CCN(CC)c1ccc2c(c1)[Si]1(CCCCC1)c1cc(N(CC)CC)ccc1C21OC(=O)c2cc(Cl)c(C(=O)NCCN3C(=O)C=CC3=O)cc21.CCN(CC)c1ccc2c(c1)[Si]1(CCCCC1)c1cc(N(CC)CC)ccc1C21OC(=O)c2cc(Cl)c(C(=O)O)cc21.O=C(O)c1cc2c(cc1Cl)C(=O)OC2O.[CH2+]CN(CC)c1cccc([Si]2(c3cccc(N(CC)CC)c3)CCCCC2)c1. The van der Waals surface area contributed by atoms with Crippen LogP contribution in [-0.2, 0) is 35.0 Å². The summed E-state index contributed by atoms with van der Waals surface area (Å²) in [5, 5.41) is 39.5. The van der Waals surface area contributed by atoms with Gasteiger partial charge in [0, 0.05) is 170 Å². The van der Waals surface area contributed by atoms with Gasteiger partial charge in [-0.2, -0.15) is 0 Å².